The van der Waals surface area contributed by atoms with E-state index in [1.54, 1.807) is 37.2 Å². The molecule has 1 fully saturated rings. The molecule has 1 heterocycles. The Labute approximate surface area is 130 Å². The van der Waals surface area contributed by atoms with Crippen LogP contribution in [0.3, 0.4) is 0 Å². The fraction of sp³-hybridized carbons (Fsp3) is 0.500. The lowest BCUT2D eigenvalue weighted by atomic mass is 10.1. The fourth-order valence-electron chi connectivity index (χ4n) is 2.63. The maximum Gasteiger partial charge on any atom is 0.246 e. The molecule has 5 nitrogen and oxygen atoms in total. The largest absolute Gasteiger partial charge is 0.347 e. The summed E-state index contributed by atoms with van der Waals surface area (Å²) in [4.78, 5) is 29.9. The molecule has 0 spiro atoms. The molecule has 1 aliphatic heterocycles. The lowest BCUT2D eigenvalue weighted by molar-refractivity contribution is -0.147. The van der Waals surface area contributed by atoms with Gasteiger partial charge in [0.15, 0.2) is 0 Å². The Morgan fingerprint density at radius 1 is 1.27 bits per heavy atom. The van der Waals surface area contributed by atoms with Crippen molar-refractivity contribution in [2.75, 3.05) is 40.8 Å². The van der Waals surface area contributed by atoms with Crippen molar-refractivity contribution in [1.29, 1.82) is 0 Å². The van der Waals surface area contributed by atoms with E-state index >= 15 is 0 Å². The molecule has 2 rings (SSSR count). The summed E-state index contributed by atoms with van der Waals surface area (Å²) in [6, 6.07) is 5.74. The molecule has 1 atom stereocenters. The zero-order chi connectivity index (χ0) is 16.3. The molecule has 2 amide bonds. The van der Waals surface area contributed by atoms with E-state index in [1.807, 2.05) is 11.9 Å². The molecule has 0 unspecified atom stereocenters. The fourth-order valence-corrected chi connectivity index (χ4v) is 2.63. The van der Waals surface area contributed by atoms with Crippen molar-refractivity contribution >= 4 is 11.8 Å². The number of hydrogen-bond donors (Lipinski definition) is 0. The van der Waals surface area contributed by atoms with Crippen molar-refractivity contribution in [3.8, 4) is 0 Å². The van der Waals surface area contributed by atoms with E-state index in [0.29, 0.717) is 25.2 Å². The quantitative estimate of drug-likeness (QED) is 0.821. The first-order chi connectivity index (χ1) is 10.4. The summed E-state index contributed by atoms with van der Waals surface area (Å²) in [7, 11) is 5.28. The number of nitrogens with zero attached hydrogens (tertiary/aromatic N) is 3. The van der Waals surface area contributed by atoms with Gasteiger partial charge in [0.25, 0.3) is 0 Å². The van der Waals surface area contributed by atoms with Crippen LogP contribution in [0, 0.1) is 5.82 Å². The van der Waals surface area contributed by atoms with Crippen molar-refractivity contribution in [2.24, 2.45) is 0 Å². The molecule has 22 heavy (non-hydrogen) atoms. The molecule has 0 aliphatic carbocycles. The Morgan fingerprint density at radius 2 is 1.95 bits per heavy atom. The number of likely N-dealkylation sites (N-methyl/N-ethyl adjacent to an activating group) is 2. The van der Waals surface area contributed by atoms with Crippen LogP contribution in [0.2, 0.25) is 0 Å². The Hall–Kier alpha value is -1.95. The molecule has 1 aromatic carbocycles. The van der Waals surface area contributed by atoms with E-state index in [9.17, 15) is 14.0 Å². The van der Waals surface area contributed by atoms with Crippen LogP contribution in [0.15, 0.2) is 24.3 Å². The lowest BCUT2D eigenvalue weighted by Gasteiger charge is -2.40. The second kappa shape index (κ2) is 6.87. The van der Waals surface area contributed by atoms with E-state index in [2.05, 4.69) is 0 Å². The van der Waals surface area contributed by atoms with Crippen LogP contribution < -0.4 is 0 Å². The molecule has 0 saturated carbocycles. The normalized spacial score (nSPS) is 19.1. The third kappa shape index (κ3) is 3.62. The maximum absolute atomic E-state index is 13.7. The van der Waals surface area contributed by atoms with Crippen molar-refractivity contribution in [3.63, 3.8) is 0 Å². The molecule has 0 N–H and O–H groups in total. The van der Waals surface area contributed by atoms with Gasteiger partial charge in [0.2, 0.25) is 11.8 Å². The average Bonchev–Trinajstić information content (AvgIpc) is 2.48. The zero-order valence-corrected chi connectivity index (χ0v) is 13.3. The zero-order valence-electron chi connectivity index (χ0n) is 13.3. The van der Waals surface area contributed by atoms with Gasteiger partial charge in [-0.05, 0) is 18.7 Å². The van der Waals surface area contributed by atoms with Gasteiger partial charge in [-0.3, -0.25) is 9.59 Å². The van der Waals surface area contributed by atoms with Crippen LogP contribution in [-0.2, 0) is 16.0 Å². The van der Waals surface area contributed by atoms with Gasteiger partial charge in [-0.25, -0.2) is 4.39 Å². The molecule has 1 aromatic rings. The van der Waals surface area contributed by atoms with Crippen molar-refractivity contribution in [1.82, 2.24) is 14.7 Å². The van der Waals surface area contributed by atoms with Gasteiger partial charge in [-0.15, -0.1) is 0 Å². The van der Waals surface area contributed by atoms with Crippen LogP contribution >= 0.6 is 0 Å². The molecule has 1 saturated heterocycles. The molecule has 0 radical (unpaired) electrons. The summed E-state index contributed by atoms with van der Waals surface area (Å²) in [6.45, 7) is 1.69. The number of amides is 2. The number of hydrogen-bond acceptors (Lipinski definition) is 3. The Balaban J connectivity index is 2.15. The third-order valence-corrected chi connectivity index (χ3v) is 3.93. The standard InChI is InChI=1S/C16H22FN3O2/c1-18(2)16(22)14-11-19(3)8-9-20(14)15(21)10-12-6-4-5-7-13(12)17/h4-7,14H,8-11H2,1-3H3/t14-/m1/s1. The Bertz CT molecular complexity index is 562. The molecule has 0 aromatic heterocycles. The summed E-state index contributed by atoms with van der Waals surface area (Å²) in [5.41, 5.74) is 0.363. The lowest BCUT2D eigenvalue weighted by Crippen LogP contribution is -2.59. The minimum atomic E-state index is -0.506. The van der Waals surface area contributed by atoms with Gasteiger partial charge in [0.05, 0.1) is 6.42 Å². The van der Waals surface area contributed by atoms with E-state index in [0.717, 1.165) is 0 Å². The van der Waals surface area contributed by atoms with Crippen LogP contribution in [0.25, 0.3) is 0 Å². The Kier molecular flexibility index (Phi) is 5.13. The third-order valence-electron chi connectivity index (χ3n) is 3.93. The SMILES string of the molecule is CN1CCN(C(=O)Cc2ccccc2F)[C@@H](C(=O)N(C)C)C1. The molecule has 120 valence electrons. The van der Waals surface area contributed by atoms with Gasteiger partial charge in [0, 0.05) is 33.7 Å². The molecule has 1 aliphatic rings. The Morgan fingerprint density at radius 3 is 2.59 bits per heavy atom. The van der Waals surface area contributed by atoms with Gasteiger partial charge in [0.1, 0.15) is 11.9 Å². The first-order valence-electron chi connectivity index (χ1n) is 7.32. The highest BCUT2D eigenvalue weighted by atomic mass is 19.1. The average molecular weight is 307 g/mol. The number of halogens is 1. The summed E-state index contributed by atoms with van der Waals surface area (Å²) in [5, 5.41) is 0. The number of rotatable bonds is 3. The van der Waals surface area contributed by atoms with Gasteiger partial charge >= 0.3 is 0 Å². The van der Waals surface area contributed by atoms with Gasteiger partial charge in [-0.2, -0.15) is 0 Å². The predicted octanol–water partition coefficient (Wildman–Crippen LogP) is 0.599. The smallest absolute Gasteiger partial charge is 0.246 e. The topological polar surface area (TPSA) is 43.9 Å². The van der Waals surface area contributed by atoms with Crippen molar-refractivity contribution in [3.05, 3.63) is 35.6 Å². The van der Waals surface area contributed by atoms with Crippen LogP contribution in [0.1, 0.15) is 5.56 Å². The number of piperazine rings is 1. The van der Waals surface area contributed by atoms with Gasteiger partial charge < -0.3 is 14.7 Å². The highest BCUT2D eigenvalue weighted by Crippen LogP contribution is 2.15. The van der Waals surface area contributed by atoms with Crippen LogP contribution in [0.4, 0.5) is 4.39 Å². The van der Waals surface area contributed by atoms with E-state index in [1.165, 1.54) is 11.0 Å². The molecule has 6 heteroatoms. The number of carbonyl (C=O) groups excluding carboxylic acids is 2. The summed E-state index contributed by atoms with van der Waals surface area (Å²) >= 11 is 0. The van der Waals surface area contributed by atoms with Crippen LogP contribution in [0.5, 0.6) is 0 Å². The minimum absolute atomic E-state index is 0.0202. The molecular weight excluding hydrogens is 285 g/mol. The first-order valence-corrected chi connectivity index (χ1v) is 7.32. The van der Waals surface area contributed by atoms with Crippen molar-refractivity contribution < 1.29 is 14.0 Å². The summed E-state index contributed by atoms with van der Waals surface area (Å²) in [5.74, 6) is -0.702. The van der Waals surface area contributed by atoms with Gasteiger partial charge in [-0.1, -0.05) is 18.2 Å². The number of carbonyl (C=O) groups is 2. The summed E-state index contributed by atoms with van der Waals surface area (Å²) in [6.07, 6.45) is -0.0202. The highest BCUT2D eigenvalue weighted by molar-refractivity contribution is 5.88. The monoisotopic (exact) mass is 307 g/mol. The first kappa shape index (κ1) is 16.4. The van der Waals surface area contributed by atoms with E-state index in [4.69, 9.17) is 0 Å². The van der Waals surface area contributed by atoms with E-state index < -0.39 is 6.04 Å². The number of benzene rings is 1. The second-order valence-electron chi connectivity index (χ2n) is 5.87. The summed E-state index contributed by atoms with van der Waals surface area (Å²) < 4.78 is 13.7. The van der Waals surface area contributed by atoms with Crippen LogP contribution in [-0.4, -0.2) is 73.3 Å². The second-order valence-corrected chi connectivity index (χ2v) is 5.87. The molecule has 0 bridgehead atoms. The van der Waals surface area contributed by atoms with Crippen molar-refractivity contribution in [2.45, 2.75) is 12.5 Å². The molecular formula is C16H22FN3O2. The highest BCUT2D eigenvalue weighted by Gasteiger charge is 2.35. The minimum Gasteiger partial charge on any atom is -0.347 e. The predicted molar refractivity (Wildman–Crippen MR) is 81.8 cm³/mol. The maximum atomic E-state index is 13.7. The van der Waals surface area contributed by atoms with E-state index in [-0.39, 0.29) is 24.1 Å².